The van der Waals surface area contributed by atoms with Gasteiger partial charge in [0.1, 0.15) is 10.6 Å². The molecule has 0 saturated heterocycles. The summed E-state index contributed by atoms with van der Waals surface area (Å²) >= 11 is 6.05. The Kier molecular flexibility index (Phi) is 8.10. The van der Waals surface area contributed by atoms with Crippen molar-refractivity contribution in [2.75, 3.05) is 29.4 Å². The van der Waals surface area contributed by atoms with Crippen molar-refractivity contribution in [3.63, 3.8) is 0 Å². The van der Waals surface area contributed by atoms with Crippen LogP contribution in [0.4, 0.5) is 5.69 Å². The van der Waals surface area contributed by atoms with Crippen molar-refractivity contribution < 1.29 is 26.4 Å². The highest BCUT2D eigenvalue weighted by atomic mass is 35.5. The molecule has 164 valence electrons. The van der Waals surface area contributed by atoms with E-state index in [9.17, 15) is 21.6 Å². The van der Waals surface area contributed by atoms with Gasteiger partial charge in [-0.2, -0.15) is 0 Å². The Bertz CT molecular complexity index is 1100. The number of anilines is 1. The molecule has 0 aromatic heterocycles. The van der Waals surface area contributed by atoms with Gasteiger partial charge in [0.25, 0.3) is 15.9 Å². The van der Waals surface area contributed by atoms with E-state index in [2.05, 4.69) is 10.0 Å². The van der Waals surface area contributed by atoms with E-state index in [1.165, 1.54) is 19.1 Å². The number of sulfone groups is 1. The molecule has 0 aliphatic carbocycles. The van der Waals surface area contributed by atoms with Crippen LogP contribution >= 0.6 is 11.6 Å². The fraction of sp³-hybridized carbons (Fsp3) is 0.316. The lowest BCUT2D eigenvalue weighted by Crippen LogP contribution is -2.29. The lowest BCUT2D eigenvalue weighted by atomic mass is 10.2. The van der Waals surface area contributed by atoms with E-state index in [1.807, 2.05) is 6.92 Å². The second-order valence-corrected chi connectivity index (χ2v) is 10.7. The van der Waals surface area contributed by atoms with Crippen molar-refractivity contribution in [1.82, 2.24) is 5.32 Å². The minimum absolute atomic E-state index is 0.0244. The molecule has 0 aliphatic rings. The summed E-state index contributed by atoms with van der Waals surface area (Å²) in [4.78, 5) is 12.0. The van der Waals surface area contributed by atoms with Gasteiger partial charge in [0.15, 0.2) is 9.84 Å². The molecule has 2 N–H and O–H groups in total. The van der Waals surface area contributed by atoms with E-state index in [4.69, 9.17) is 16.3 Å². The van der Waals surface area contributed by atoms with E-state index in [-0.39, 0.29) is 33.5 Å². The molecule has 1 amide bonds. The number of nitrogens with one attached hydrogen (secondary N) is 2. The summed E-state index contributed by atoms with van der Waals surface area (Å²) in [5.74, 6) is -0.228. The molecule has 0 radical (unpaired) electrons. The molecule has 0 bridgehead atoms. The maximum absolute atomic E-state index is 12.8. The second-order valence-electron chi connectivity index (χ2n) is 6.20. The highest BCUT2D eigenvalue weighted by Gasteiger charge is 2.21. The summed E-state index contributed by atoms with van der Waals surface area (Å²) in [6.45, 7) is 3.76. The molecule has 2 aromatic carbocycles. The molecule has 0 unspecified atom stereocenters. The standard InChI is InChI=1S/C19H23ClN2O6S2/c1-3-28-16-8-6-15(7-9-16)22-30(26,27)18-13-14(5-10-17(18)20)19(23)21-11-12-29(24,25)4-2/h5-10,13,22H,3-4,11-12H2,1-2H3,(H,21,23). The number of halogens is 1. The van der Waals surface area contributed by atoms with Crippen LogP contribution in [0.5, 0.6) is 5.75 Å². The van der Waals surface area contributed by atoms with E-state index in [0.29, 0.717) is 18.0 Å². The number of rotatable bonds is 10. The normalized spacial score (nSPS) is 11.7. The second kappa shape index (κ2) is 10.1. The van der Waals surface area contributed by atoms with Crippen molar-refractivity contribution >= 4 is 43.1 Å². The average Bonchev–Trinajstić information content (AvgIpc) is 2.69. The van der Waals surface area contributed by atoms with Crippen LogP contribution in [-0.4, -0.2) is 47.4 Å². The van der Waals surface area contributed by atoms with Crippen LogP contribution in [-0.2, 0) is 19.9 Å². The first-order chi connectivity index (χ1) is 14.1. The molecule has 0 heterocycles. The minimum atomic E-state index is -4.07. The predicted molar refractivity (Wildman–Crippen MR) is 117 cm³/mol. The van der Waals surface area contributed by atoms with Crippen LogP contribution < -0.4 is 14.8 Å². The van der Waals surface area contributed by atoms with Crippen LogP contribution in [0.25, 0.3) is 0 Å². The Labute approximate surface area is 181 Å². The van der Waals surface area contributed by atoms with Crippen LogP contribution in [0.3, 0.4) is 0 Å². The smallest absolute Gasteiger partial charge is 0.263 e. The molecule has 0 fully saturated rings. The number of amides is 1. The fourth-order valence-electron chi connectivity index (χ4n) is 2.41. The molecule has 8 nitrogen and oxygen atoms in total. The minimum Gasteiger partial charge on any atom is -0.494 e. The van der Waals surface area contributed by atoms with E-state index in [0.717, 1.165) is 6.07 Å². The van der Waals surface area contributed by atoms with Crippen LogP contribution in [0.1, 0.15) is 24.2 Å². The molecule has 30 heavy (non-hydrogen) atoms. The van der Waals surface area contributed by atoms with Gasteiger partial charge in [0, 0.05) is 23.5 Å². The first-order valence-electron chi connectivity index (χ1n) is 9.12. The van der Waals surface area contributed by atoms with Gasteiger partial charge in [-0.25, -0.2) is 16.8 Å². The number of hydrogen-bond acceptors (Lipinski definition) is 6. The monoisotopic (exact) mass is 474 g/mol. The SMILES string of the molecule is CCOc1ccc(NS(=O)(=O)c2cc(C(=O)NCCS(=O)(=O)CC)ccc2Cl)cc1. The lowest BCUT2D eigenvalue weighted by Gasteiger charge is -2.12. The third kappa shape index (κ3) is 6.61. The van der Waals surface area contributed by atoms with Crippen molar-refractivity contribution in [2.24, 2.45) is 0 Å². The number of carbonyl (C=O) groups is 1. The fourth-order valence-corrected chi connectivity index (χ4v) is 4.70. The highest BCUT2D eigenvalue weighted by molar-refractivity contribution is 7.92. The summed E-state index contributed by atoms with van der Waals surface area (Å²) in [5, 5.41) is 2.41. The van der Waals surface area contributed by atoms with Gasteiger partial charge in [-0.15, -0.1) is 0 Å². The first-order valence-corrected chi connectivity index (χ1v) is 12.8. The Morgan fingerprint density at radius 3 is 2.30 bits per heavy atom. The summed E-state index contributed by atoms with van der Waals surface area (Å²) in [5.41, 5.74) is 0.342. The number of benzene rings is 2. The maximum atomic E-state index is 12.8. The lowest BCUT2D eigenvalue weighted by molar-refractivity contribution is 0.0956. The Morgan fingerprint density at radius 2 is 1.70 bits per heavy atom. The van der Waals surface area contributed by atoms with Gasteiger partial charge in [0.05, 0.1) is 17.4 Å². The van der Waals surface area contributed by atoms with Gasteiger partial charge in [-0.1, -0.05) is 18.5 Å². The van der Waals surface area contributed by atoms with Gasteiger partial charge in [0.2, 0.25) is 0 Å². The van der Waals surface area contributed by atoms with Crippen LogP contribution in [0.2, 0.25) is 5.02 Å². The highest BCUT2D eigenvalue weighted by Crippen LogP contribution is 2.26. The molecule has 0 atom stereocenters. The molecular weight excluding hydrogens is 452 g/mol. The number of sulfonamides is 1. The summed E-state index contributed by atoms with van der Waals surface area (Å²) in [6, 6.07) is 10.1. The first kappa shape index (κ1) is 24.0. The van der Waals surface area contributed by atoms with E-state index >= 15 is 0 Å². The maximum Gasteiger partial charge on any atom is 0.263 e. The third-order valence-corrected chi connectivity index (χ3v) is 7.61. The predicted octanol–water partition coefficient (Wildman–Crippen LogP) is 2.70. The van der Waals surface area contributed by atoms with Crippen LogP contribution in [0.15, 0.2) is 47.4 Å². The van der Waals surface area contributed by atoms with Crippen molar-refractivity contribution in [3.8, 4) is 5.75 Å². The topological polar surface area (TPSA) is 119 Å². The van der Waals surface area contributed by atoms with E-state index < -0.39 is 25.8 Å². The summed E-state index contributed by atoms with van der Waals surface area (Å²) < 4.78 is 56.3. The Balaban J connectivity index is 2.17. The van der Waals surface area contributed by atoms with Gasteiger partial charge in [-0.05, 0) is 49.4 Å². The molecule has 0 aliphatic heterocycles. The zero-order valence-corrected chi connectivity index (χ0v) is 18.9. The molecule has 0 saturated carbocycles. The third-order valence-electron chi connectivity index (χ3n) is 4.04. The zero-order chi connectivity index (χ0) is 22.4. The van der Waals surface area contributed by atoms with Crippen molar-refractivity contribution in [3.05, 3.63) is 53.1 Å². The van der Waals surface area contributed by atoms with Crippen molar-refractivity contribution in [1.29, 1.82) is 0 Å². The van der Waals surface area contributed by atoms with Crippen LogP contribution in [0, 0.1) is 0 Å². The molecule has 2 rings (SSSR count). The van der Waals surface area contributed by atoms with Gasteiger partial charge >= 0.3 is 0 Å². The number of hydrogen-bond donors (Lipinski definition) is 2. The summed E-state index contributed by atoms with van der Waals surface area (Å²) in [7, 11) is -7.30. The quantitative estimate of drug-likeness (QED) is 0.546. The Hall–Kier alpha value is -2.30. The molecule has 2 aromatic rings. The number of carbonyl (C=O) groups excluding carboxylic acids is 1. The zero-order valence-electron chi connectivity index (χ0n) is 16.5. The largest absolute Gasteiger partial charge is 0.494 e. The van der Waals surface area contributed by atoms with Crippen molar-refractivity contribution in [2.45, 2.75) is 18.7 Å². The number of ether oxygens (including phenoxy) is 1. The molecule has 11 heteroatoms. The van der Waals surface area contributed by atoms with Gasteiger partial charge < -0.3 is 10.1 Å². The average molecular weight is 475 g/mol. The van der Waals surface area contributed by atoms with Gasteiger partial charge in [-0.3, -0.25) is 9.52 Å². The van der Waals surface area contributed by atoms with E-state index in [1.54, 1.807) is 24.3 Å². The molecular formula is C19H23ClN2O6S2. The molecule has 0 spiro atoms. The summed E-state index contributed by atoms with van der Waals surface area (Å²) in [6.07, 6.45) is 0. The Morgan fingerprint density at radius 1 is 1.03 bits per heavy atom.